The summed E-state index contributed by atoms with van der Waals surface area (Å²) in [7, 11) is 2.05. The maximum atomic E-state index is 6.41. The van der Waals surface area contributed by atoms with Crippen LogP contribution in [0.4, 0.5) is 11.5 Å². The molecule has 1 aromatic rings. The van der Waals surface area contributed by atoms with Crippen molar-refractivity contribution in [1.29, 1.82) is 0 Å². The lowest BCUT2D eigenvalue weighted by Crippen LogP contribution is -2.36. The van der Waals surface area contributed by atoms with Crippen LogP contribution in [0.3, 0.4) is 0 Å². The molecule has 0 spiro atoms. The quantitative estimate of drug-likeness (QED) is 0.919. The fraction of sp³-hybridized carbons (Fsp3) is 0.812. The van der Waals surface area contributed by atoms with Gasteiger partial charge in [0.1, 0.15) is 0 Å². The Balaban J connectivity index is 1.87. The molecule has 1 atom stereocenters. The molecule has 112 valence electrons. The Morgan fingerprint density at radius 2 is 1.95 bits per heavy atom. The number of nitrogen functional groups attached to an aromatic ring is 1. The summed E-state index contributed by atoms with van der Waals surface area (Å²) in [6, 6.07) is 0.699. The molecule has 0 aromatic carbocycles. The van der Waals surface area contributed by atoms with E-state index in [1.165, 1.54) is 44.3 Å². The van der Waals surface area contributed by atoms with Gasteiger partial charge in [-0.2, -0.15) is 5.10 Å². The van der Waals surface area contributed by atoms with Gasteiger partial charge in [0.15, 0.2) is 5.82 Å². The zero-order valence-electron chi connectivity index (χ0n) is 12.9. The van der Waals surface area contributed by atoms with Crippen molar-refractivity contribution in [3.8, 4) is 0 Å². The molecule has 0 radical (unpaired) electrons. The van der Waals surface area contributed by atoms with Crippen LogP contribution in [0.15, 0.2) is 0 Å². The van der Waals surface area contributed by atoms with E-state index in [1.807, 2.05) is 4.68 Å². The maximum absolute atomic E-state index is 6.41. The fourth-order valence-electron chi connectivity index (χ4n) is 4.24. The van der Waals surface area contributed by atoms with E-state index in [0.29, 0.717) is 6.04 Å². The second-order valence-corrected chi connectivity index (χ2v) is 6.51. The number of hydrogen-bond donors (Lipinski definition) is 1. The first kappa shape index (κ1) is 13.8. The van der Waals surface area contributed by atoms with Crippen LogP contribution in [0.2, 0.25) is 0 Å². The number of aromatic nitrogens is 2. The number of nitrogens with zero attached hydrogens (tertiary/aromatic N) is 3. The largest absolute Gasteiger partial charge is 0.394 e. The minimum atomic E-state index is 0.699. The highest BCUT2D eigenvalue weighted by Crippen LogP contribution is 2.40. The van der Waals surface area contributed by atoms with Gasteiger partial charge in [-0.3, -0.25) is 4.68 Å². The lowest BCUT2D eigenvalue weighted by Gasteiger charge is -2.31. The average Bonchev–Trinajstić information content (AvgIpc) is 3.11. The third-order valence-electron chi connectivity index (χ3n) is 5.13. The number of nitrogens with two attached hydrogens (primary N) is 1. The van der Waals surface area contributed by atoms with Crippen molar-refractivity contribution in [3.05, 3.63) is 5.69 Å². The summed E-state index contributed by atoms with van der Waals surface area (Å²) in [6.45, 7) is 3.33. The third-order valence-corrected chi connectivity index (χ3v) is 5.13. The van der Waals surface area contributed by atoms with Crippen LogP contribution in [0.25, 0.3) is 0 Å². The SMILES string of the molecule is CCCc1nn(C)c(N2CCCC2C2CCCC2)c1N. The van der Waals surface area contributed by atoms with Gasteiger partial charge in [-0.15, -0.1) is 0 Å². The van der Waals surface area contributed by atoms with Crippen molar-refractivity contribution >= 4 is 11.5 Å². The molecule has 0 amide bonds. The molecular weight excluding hydrogens is 248 g/mol. The molecule has 1 aliphatic heterocycles. The van der Waals surface area contributed by atoms with Crippen LogP contribution >= 0.6 is 0 Å². The minimum absolute atomic E-state index is 0.699. The number of anilines is 2. The lowest BCUT2D eigenvalue weighted by atomic mass is 9.96. The van der Waals surface area contributed by atoms with Gasteiger partial charge in [0, 0.05) is 19.6 Å². The minimum Gasteiger partial charge on any atom is -0.394 e. The fourth-order valence-corrected chi connectivity index (χ4v) is 4.24. The third kappa shape index (κ3) is 2.29. The van der Waals surface area contributed by atoms with E-state index in [2.05, 4.69) is 24.0 Å². The summed E-state index contributed by atoms with van der Waals surface area (Å²) in [5, 5.41) is 4.66. The van der Waals surface area contributed by atoms with Crippen LogP contribution in [-0.2, 0) is 13.5 Å². The highest BCUT2D eigenvalue weighted by Gasteiger charge is 2.35. The number of aryl methyl sites for hydroxylation is 2. The number of hydrogen-bond acceptors (Lipinski definition) is 3. The molecule has 3 rings (SSSR count). The van der Waals surface area contributed by atoms with Gasteiger partial charge in [-0.1, -0.05) is 26.2 Å². The van der Waals surface area contributed by atoms with Crippen LogP contribution in [0, 0.1) is 5.92 Å². The van der Waals surface area contributed by atoms with Crippen molar-refractivity contribution in [3.63, 3.8) is 0 Å². The molecule has 0 bridgehead atoms. The second-order valence-electron chi connectivity index (χ2n) is 6.51. The Labute approximate surface area is 122 Å². The molecule has 1 saturated heterocycles. The highest BCUT2D eigenvalue weighted by molar-refractivity contribution is 5.67. The normalized spacial score (nSPS) is 23.9. The van der Waals surface area contributed by atoms with E-state index in [0.717, 1.165) is 36.7 Å². The van der Waals surface area contributed by atoms with Crippen LogP contribution in [0.5, 0.6) is 0 Å². The molecule has 1 saturated carbocycles. The van der Waals surface area contributed by atoms with Crippen LogP contribution < -0.4 is 10.6 Å². The summed E-state index contributed by atoms with van der Waals surface area (Å²) >= 11 is 0. The van der Waals surface area contributed by atoms with Gasteiger partial charge < -0.3 is 10.6 Å². The van der Waals surface area contributed by atoms with Gasteiger partial charge in [0.25, 0.3) is 0 Å². The van der Waals surface area contributed by atoms with Crippen molar-refractivity contribution in [1.82, 2.24) is 9.78 Å². The van der Waals surface area contributed by atoms with Crippen molar-refractivity contribution < 1.29 is 0 Å². The molecule has 2 aliphatic rings. The molecule has 2 heterocycles. The summed E-state index contributed by atoms with van der Waals surface area (Å²) in [5.41, 5.74) is 8.42. The number of rotatable bonds is 4. The van der Waals surface area contributed by atoms with Gasteiger partial charge in [0.05, 0.1) is 11.4 Å². The summed E-state index contributed by atoms with van der Waals surface area (Å²) in [6.07, 6.45) is 10.4. The lowest BCUT2D eigenvalue weighted by molar-refractivity contribution is 0.426. The van der Waals surface area contributed by atoms with E-state index in [1.54, 1.807) is 0 Å². The smallest absolute Gasteiger partial charge is 0.150 e. The highest BCUT2D eigenvalue weighted by atomic mass is 15.4. The zero-order valence-corrected chi connectivity index (χ0v) is 12.9. The Bertz CT molecular complexity index is 459. The Morgan fingerprint density at radius 1 is 1.20 bits per heavy atom. The zero-order chi connectivity index (χ0) is 14.1. The van der Waals surface area contributed by atoms with Gasteiger partial charge >= 0.3 is 0 Å². The predicted molar refractivity (Wildman–Crippen MR) is 83.9 cm³/mol. The van der Waals surface area contributed by atoms with Crippen molar-refractivity contribution in [2.75, 3.05) is 17.2 Å². The van der Waals surface area contributed by atoms with E-state index in [4.69, 9.17) is 5.73 Å². The van der Waals surface area contributed by atoms with E-state index in [9.17, 15) is 0 Å². The summed E-state index contributed by atoms with van der Waals surface area (Å²) in [5.74, 6) is 2.06. The second kappa shape index (κ2) is 5.66. The molecule has 2 N–H and O–H groups in total. The first-order valence-electron chi connectivity index (χ1n) is 8.30. The van der Waals surface area contributed by atoms with Gasteiger partial charge in [-0.25, -0.2) is 0 Å². The van der Waals surface area contributed by atoms with Crippen LogP contribution in [0.1, 0.15) is 57.6 Å². The summed E-state index contributed by atoms with van der Waals surface area (Å²) in [4.78, 5) is 2.57. The van der Waals surface area contributed by atoms with Crippen molar-refractivity contribution in [2.24, 2.45) is 13.0 Å². The van der Waals surface area contributed by atoms with E-state index < -0.39 is 0 Å². The average molecular weight is 276 g/mol. The summed E-state index contributed by atoms with van der Waals surface area (Å²) < 4.78 is 2.02. The first-order valence-corrected chi connectivity index (χ1v) is 8.30. The molecule has 1 aliphatic carbocycles. The first-order chi connectivity index (χ1) is 9.72. The van der Waals surface area contributed by atoms with E-state index in [-0.39, 0.29) is 0 Å². The molecule has 4 nitrogen and oxygen atoms in total. The Kier molecular flexibility index (Phi) is 3.90. The molecule has 1 aromatic heterocycles. The monoisotopic (exact) mass is 276 g/mol. The maximum Gasteiger partial charge on any atom is 0.150 e. The van der Waals surface area contributed by atoms with Gasteiger partial charge in [0.2, 0.25) is 0 Å². The molecular formula is C16H28N4. The van der Waals surface area contributed by atoms with E-state index >= 15 is 0 Å². The van der Waals surface area contributed by atoms with Gasteiger partial charge in [-0.05, 0) is 38.0 Å². The Hall–Kier alpha value is -1.19. The molecule has 2 fully saturated rings. The topological polar surface area (TPSA) is 47.1 Å². The molecule has 1 unspecified atom stereocenters. The molecule has 20 heavy (non-hydrogen) atoms. The standard InChI is InChI=1S/C16H28N4/c1-3-7-13-15(17)16(19(2)18-13)20-11-6-10-14(20)12-8-4-5-9-12/h12,14H,3-11,17H2,1-2H3. The molecule has 4 heteroatoms. The van der Waals surface area contributed by atoms with Crippen LogP contribution in [-0.4, -0.2) is 22.4 Å². The van der Waals surface area contributed by atoms with Crippen molar-refractivity contribution in [2.45, 2.75) is 64.3 Å². The predicted octanol–water partition coefficient (Wildman–Crippen LogP) is 3.11. The Morgan fingerprint density at radius 3 is 2.65 bits per heavy atom.